The Labute approximate surface area is 132 Å². The smallest absolute Gasteiger partial charge is 0.257 e. The minimum Gasteiger partial charge on any atom is -0.507 e. The van der Waals surface area contributed by atoms with E-state index in [1.807, 2.05) is 0 Å². The van der Waals surface area contributed by atoms with Gasteiger partial charge in [-0.05, 0) is 31.2 Å². The Hall–Kier alpha value is -0.780. The Kier molecular flexibility index (Phi) is 5.69. The molecule has 1 aliphatic heterocycles. The average molecular weight is 362 g/mol. The number of benzene rings is 1. The highest BCUT2D eigenvalue weighted by Gasteiger charge is 2.22. The lowest BCUT2D eigenvalue weighted by Crippen LogP contribution is -2.35. The quantitative estimate of drug-likeness (QED) is 0.842. The van der Waals surface area contributed by atoms with Gasteiger partial charge in [0.1, 0.15) is 5.75 Å². The highest BCUT2D eigenvalue weighted by molar-refractivity contribution is 9.10. The summed E-state index contributed by atoms with van der Waals surface area (Å²) in [6.45, 7) is 4.03. The Morgan fingerprint density at radius 1 is 1.30 bits per heavy atom. The van der Waals surface area contributed by atoms with Gasteiger partial charge in [-0.3, -0.25) is 4.79 Å². The molecule has 0 radical (unpaired) electrons. The Balaban J connectivity index is 2.05. The molecular weight excluding hydrogens is 344 g/mol. The van der Waals surface area contributed by atoms with Crippen LogP contribution in [-0.4, -0.2) is 59.4 Å². The summed E-state index contributed by atoms with van der Waals surface area (Å²) in [5, 5.41) is 9.89. The van der Waals surface area contributed by atoms with Crippen LogP contribution in [0.25, 0.3) is 0 Å². The van der Waals surface area contributed by atoms with Gasteiger partial charge in [0, 0.05) is 36.5 Å². The molecule has 0 bridgehead atoms. The zero-order chi connectivity index (χ0) is 14.5. The number of aromatic hydroxyl groups is 1. The summed E-state index contributed by atoms with van der Waals surface area (Å²) in [4.78, 5) is 16.5. The summed E-state index contributed by atoms with van der Waals surface area (Å²) in [5.74, 6) is 0.524. The second-order valence-corrected chi connectivity index (χ2v) is 6.13. The van der Waals surface area contributed by atoms with Gasteiger partial charge in [-0.25, -0.2) is 0 Å². The van der Waals surface area contributed by atoms with Crippen molar-refractivity contribution >= 4 is 33.4 Å². The van der Waals surface area contributed by atoms with Gasteiger partial charge in [-0.2, -0.15) is 0 Å². The normalized spacial score (nSPS) is 17.0. The molecule has 1 amide bonds. The highest BCUT2D eigenvalue weighted by Crippen LogP contribution is 2.24. The second-order valence-electron chi connectivity index (χ2n) is 4.84. The number of hydrogen-bond donors (Lipinski definition) is 1. The lowest BCUT2D eigenvalue weighted by atomic mass is 10.1. The number of alkyl halides is 1. The van der Waals surface area contributed by atoms with Crippen molar-refractivity contribution < 1.29 is 9.90 Å². The Morgan fingerprint density at radius 2 is 2.10 bits per heavy atom. The van der Waals surface area contributed by atoms with Crippen LogP contribution >= 0.6 is 27.5 Å². The van der Waals surface area contributed by atoms with Gasteiger partial charge in [-0.1, -0.05) is 15.9 Å². The predicted octanol–water partition coefficient (Wildman–Crippen LogP) is 2.54. The van der Waals surface area contributed by atoms with Crippen LogP contribution in [0.4, 0.5) is 0 Å². The zero-order valence-corrected chi connectivity index (χ0v) is 13.5. The first-order chi connectivity index (χ1) is 9.61. The second kappa shape index (κ2) is 7.29. The number of hydrogen-bond acceptors (Lipinski definition) is 3. The van der Waals surface area contributed by atoms with Crippen LogP contribution in [0.15, 0.2) is 22.7 Å². The van der Waals surface area contributed by atoms with E-state index in [0.29, 0.717) is 24.5 Å². The maximum atomic E-state index is 12.5. The number of phenolic OH excluding ortho intramolecular Hbond substituents is 1. The minimum absolute atomic E-state index is 0.0197. The van der Waals surface area contributed by atoms with E-state index in [0.717, 1.165) is 30.5 Å². The summed E-state index contributed by atoms with van der Waals surface area (Å²) in [7, 11) is 0. The summed E-state index contributed by atoms with van der Waals surface area (Å²) in [6.07, 6.45) is 0.930. The van der Waals surface area contributed by atoms with Crippen molar-refractivity contribution in [2.75, 3.05) is 38.6 Å². The van der Waals surface area contributed by atoms with E-state index in [1.165, 1.54) is 0 Å². The van der Waals surface area contributed by atoms with Gasteiger partial charge >= 0.3 is 0 Å². The number of carbonyl (C=O) groups excluding carboxylic acids is 1. The predicted molar refractivity (Wildman–Crippen MR) is 83.5 cm³/mol. The first-order valence-corrected chi connectivity index (χ1v) is 8.00. The maximum Gasteiger partial charge on any atom is 0.257 e. The third-order valence-corrected chi connectivity index (χ3v) is 4.13. The molecule has 20 heavy (non-hydrogen) atoms. The molecule has 6 heteroatoms. The number of nitrogens with zero attached hydrogens (tertiary/aromatic N) is 2. The molecule has 1 N–H and O–H groups in total. The Morgan fingerprint density at radius 3 is 2.80 bits per heavy atom. The van der Waals surface area contributed by atoms with E-state index in [-0.39, 0.29) is 11.7 Å². The molecule has 1 saturated heterocycles. The van der Waals surface area contributed by atoms with Crippen LogP contribution < -0.4 is 0 Å². The third-order valence-electron chi connectivity index (χ3n) is 3.47. The number of phenols is 1. The molecule has 1 aromatic rings. The first-order valence-electron chi connectivity index (χ1n) is 6.68. The molecule has 0 aromatic heterocycles. The topological polar surface area (TPSA) is 43.8 Å². The van der Waals surface area contributed by atoms with E-state index in [9.17, 15) is 9.90 Å². The SMILES string of the molecule is O=C(c1ccc(Br)cc1O)N1CCCN(CCCl)CC1. The van der Waals surface area contributed by atoms with E-state index in [4.69, 9.17) is 11.6 Å². The first kappa shape index (κ1) is 15.6. The molecular formula is C14H18BrClN2O2. The average Bonchev–Trinajstić information content (AvgIpc) is 2.64. The molecule has 1 aliphatic rings. The van der Waals surface area contributed by atoms with Gasteiger partial charge in [0.05, 0.1) is 5.56 Å². The minimum atomic E-state index is -0.109. The zero-order valence-electron chi connectivity index (χ0n) is 11.2. The van der Waals surface area contributed by atoms with E-state index >= 15 is 0 Å². The van der Waals surface area contributed by atoms with E-state index < -0.39 is 0 Å². The van der Waals surface area contributed by atoms with Crippen molar-refractivity contribution in [2.45, 2.75) is 6.42 Å². The van der Waals surface area contributed by atoms with Gasteiger partial charge in [0.2, 0.25) is 0 Å². The van der Waals surface area contributed by atoms with E-state index in [1.54, 1.807) is 23.1 Å². The molecule has 0 atom stereocenters. The third kappa shape index (κ3) is 3.87. The van der Waals surface area contributed by atoms with Crippen molar-refractivity contribution in [3.63, 3.8) is 0 Å². The van der Waals surface area contributed by atoms with E-state index in [2.05, 4.69) is 20.8 Å². The fourth-order valence-corrected chi connectivity index (χ4v) is 2.96. The molecule has 0 unspecified atom stereocenters. The van der Waals surface area contributed by atoms with Crippen LogP contribution in [-0.2, 0) is 0 Å². The molecule has 0 spiro atoms. The molecule has 0 aliphatic carbocycles. The molecule has 1 heterocycles. The standard InChI is InChI=1S/C14H18BrClN2O2/c15-11-2-3-12(13(19)10-11)14(20)18-6-1-5-17(7-4-16)8-9-18/h2-3,10,19H,1,4-9H2. The fourth-order valence-electron chi connectivity index (χ4n) is 2.37. The monoisotopic (exact) mass is 360 g/mol. The lowest BCUT2D eigenvalue weighted by molar-refractivity contribution is 0.0759. The molecule has 1 aromatic carbocycles. The van der Waals surface area contributed by atoms with Gasteiger partial charge in [0.15, 0.2) is 0 Å². The largest absolute Gasteiger partial charge is 0.507 e. The number of amides is 1. The van der Waals surface area contributed by atoms with Gasteiger partial charge < -0.3 is 14.9 Å². The van der Waals surface area contributed by atoms with Crippen molar-refractivity contribution in [2.24, 2.45) is 0 Å². The Bertz CT molecular complexity index is 484. The fraction of sp³-hybridized carbons (Fsp3) is 0.500. The summed E-state index contributed by atoms with van der Waals surface area (Å²) in [5.41, 5.74) is 0.360. The lowest BCUT2D eigenvalue weighted by Gasteiger charge is -2.22. The van der Waals surface area contributed by atoms with Crippen LogP contribution in [0, 0.1) is 0 Å². The van der Waals surface area contributed by atoms with Crippen molar-refractivity contribution in [3.05, 3.63) is 28.2 Å². The summed E-state index contributed by atoms with van der Waals surface area (Å²) < 4.78 is 0.760. The molecule has 4 nitrogen and oxygen atoms in total. The number of rotatable bonds is 3. The van der Waals surface area contributed by atoms with Crippen LogP contribution in [0.3, 0.4) is 0 Å². The van der Waals surface area contributed by atoms with Crippen molar-refractivity contribution in [1.82, 2.24) is 9.80 Å². The summed E-state index contributed by atoms with van der Waals surface area (Å²) in [6, 6.07) is 4.97. The molecule has 110 valence electrons. The maximum absolute atomic E-state index is 12.5. The van der Waals surface area contributed by atoms with Gasteiger partial charge in [0.25, 0.3) is 5.91 Å². The van der Waals surface area contributed by atoms with Gasteiger partial charge in [-0.15, -0.1) is 11.6 Å². The van der Waals surface area contributed by atoms with Crippen molar-refractivity contribution in [3.8, 4) is 5.75 Å². The molecule has 0 saturated carbocycles. The number of halogens is 2. The van der Waals surface area contributed by atoms with Crippen LogP contribution in [0.1, 0.15) is 16.8 Å². The van der Waals surface area contributed by atoms with Crippen LogP contribution in [0.2, 0.25) is 0 Å². The highest BCUT2D eigenvalue weighted by atomic mass is 79.9. The van der Waals surface area contributed by atoms with Crippen molar-refractivity contribution in [1.29, 1.82) is 0 Å². The van der Waals surface area contributed by atoms with Crippen LogP contribution in [0.5, 0.6) is 5.75 Å². The number of carbonyl (C=O) groups is 1. The summed E-state index contributed by atoms with van der Waals surface area (Å²) >= 11 is 9.03. The molecule has 2 rings (SSSR count). The molecule has 1 fully saturated rings.